The van der Waals surface area contributed by atoms with Crippen LogP contribution in [-0.2, 0) is 28.4 Å². The first-order chi connectivity index (χ1) is 13.6. The Morgan fingerprint density at radius 1 is 0.483 bits per heavy atom. The van der Waals surface area contributed by atoms with Gasteiger partial charge >= 0.3 is 0 Å². The van der Waals surface area contributed by atoms with Gasteiger partial charge in [0.1, 0.15) is 0 Å². The lowest BCUT2D eigenvalue weighted by atomic mass is 10.4. The number of rotatable bonds is 21. The van der Waals surface area contributed by atoms with Crippen molar-refractivity contribution in [2.45, 2.75) is 66.3 Å². The van der Waals surface area contributed by atoms with E-state index in [0.717, 1.165) is 11.5 Å². The molecule has 178 valence electrons. The predicted molar refractivity (Wildman–Crippen MR) is 136 cm³/mol. The molecule has 0 saturated heterocycles. The molecular weight excluding hydrogens is 469 g/mol. The lowest BCUT2D eigenvalue weighted by Gasteiger charge is -2.32. The van der Waals surface area contributed by atoms with Crippen LogP contribution in [0.1, 0.15) is 54.4 Å². The van der Waals surface area contributed by atoms with E-state index < -0.39 is 11.9 Å². The fraction of sp³-hybridized carbons (Fsp3) is 1.00. The molecule has 0 saturated carbocycles. The summed E-state index contributed by atoms with van der Waals surface area (Å²) in [6, 6.07) is 0. The highest BCUT2D eigenvalue weighted by atomic mass is 33.7. The molecule has 0 rings (SSSR count). The van der Waals surface area contributed by atoms with E-state index in [2.05, 4.69) is 0 Å². The molecule has 0 amide bonds. The van der Waals surface area contributed by atoms with Crippen molar-refractivity contribution in [3.05, 3.63) is 0 Å². The second kappa shape index (κ2) is 21.2. The van der Waals surface area contributed by atoms with Crippen molar-refractivity contribution >= 4 is 52.2 Å². The zero-order valence-electron chi connectivity index (χ0n) is 18.2. The standard InChI is InChI=1S/C18H38O6S4.H4Si/c1-7-19-17(20-8-2,21-9-3)13-15-25-27-28-26-16-14-18(22-10-4,23-11-5)24-12-6;/h7-16H2,1-6H3;1H4. The number of hydrogen-bond acceptors (Lipinski definition) is 10. The maximum absolute atomic E-state index is 5.74. The molecular formula is C18H42O6S4Si. The zero-order chi connectivity index (χ0) is 21.1. The molecule has 0 atom stereocenters. The van der Waals surface area contributed by atoms with Gasteiger partial charge in [-0.25, -0.2) is 0 Å². The van der Waals surface area contributed by atoms with Crippen molar-refractivity contribution in [2.24, 2.45) is 0 Å². The second-order valence-corrected chi connectivity index (χ2v) is 11.5. The van der Waals surface area contributed by atoms with Crippen molar-refractivity contribution in [1.29, 1.82) is 0 Å². The summed E-state index contributed by atoms with van der Waals surface area (Å²) >= 11 is 0. The molecule has 6 nitrogen and oxygen atoms in total. The van der Waals surface area contributed by atoms with Gasteiger partial charge in [-0.15, -0.1) is 0 Å². The third kappa shape index (κ3) is 14.9. The Morgan fingerprint density at radius 2 is 0.724 bits per heavy atom. The molecule has 0 aliphatic carbocycles. The SMILES string of the molecule is CCOC(CCSSSSCCC(OCC)(OCC)OCC)(OCC)OCC.[SiH4]. The van der Waals surface area contributed by atoms with Gasteiger partial charge in [0.2, 0.25) is 0 Å². The van der Waals surface area contributed by atoms with E-state index in [9.17, 15) is 0 Å². The average molecular weight is 511 g/mol. The van der Waals surface area contributed by atoms with Crippen LogP contribution >= 0.6 is 41.2 Å². The molecule has 0 heterocycles. The van der Waals surface area contributed by atoms with Crippen LogP contribution in [0.3, 0.4) is 0 Å². The third-order valence-electron chi connectivity index (χ3n) is 3.29. The molecule has 0 fully saturated rings. The van der Waals surface area contributed by atoms with Gasteiger partial charge in [0.05, 0.1) is 0 Å². The fourth-order valence-electron chi connectivity index (χ4n) is 2.44. The first-order valence-electron chi connectivity index (χ1n) is 9.98. The van der Waals surface area contributed by atoms with E-state index in [4.69, 9.17) is 28.4 Å². The minimum absolute atomic E-state index is 0. The molecule has 0 aromatic heterocycles. The summed E-state index contributed by atoms with van der Waals surface area (Å²) in [5.74, 6) is -0.0939. The Labute approximate surface area is 197 Å². The van der Waals surface area contributed by atoms with Crippen LogP contribution in [0.5, 0.6) is 0 Å². The largest absolute Gasteiger partial charge is 0.328 e. The van der Waals surface area contributed by atoms with Gasteiger partial charge in [0.25, 0.3) is 11.9 Å². The van der Waals surface area contributed by atoms with Crippen LogP contribution < -0.4 is 0 Å². The van der Waals surface area contributed by atoms with Crippen LogP contribution in [-0.4, -0.2) is 74.1 Å². The normalized spacial score (nSPS) is 12.2. The highest BCUT2D eigenvalue weighted by Gasteiger charge is 2.33. The first kappa shape index (κ1) is 32.6. The van der Waals surface area contributed by atoms with Crippen LogP contribution in [0.25, 0.3) is 0 Å². The Kier molecular flexibility index (Phi) is 23.8. The van der Waals surface area contributed by atoms with E-state index in [1.165, 1.54) is 0 Å². The average Bonchev–Trinajstić information content (AvgIpc) is 2.65. The molecule has 11 heteroatoms. The minimum atomic E-state index is -0.921. The van der Waals surface area contributed by atoms with Gasteiger partial charge in [-0.05, 0) is 72.2 Å². The summed E-state index contributed by atoms with van der Waals surface area (Å²) in [4.78, 5) is 0. The highest BCUT2D eigenvalue weighted by molar-refractivity contribution is 9.26. The smallest absolute Gasteiger partial charge is 0.283 e. The fourth-order valence-corrected chi connectivity index (χ4v) is 8.52. The molecule has 0 bridgehead atoms. The molecule has 0 spiro atoms. The van der Waals surface area contributed by atoms with Gasteiger partial charge in [-0.2, -0.15) is 0 Å². The summed E-state index contributed by atoms with van der Waals surface area (Å²) in [7, 11) is 7.03. The molecule has 0 aromatic rings. The van der Waals surface area contributed by atoms with E-state index >= 15 is 0 Å². The maximum atomic E-state index is 5.74. The lowest BCUT2D eigenvalue weighted by Crippen LogP contribution is -2.40. The molecule has 0 aromatic carbocycles. The van der Waals surface area contributed by atoms with Crippen molar-refractivity contribution in [3.63, 3.8) is 0 Å². The Bertz CT molecular complexity index is 292. The van der Waals surface area contributed by atoms with Gasteiger partial charge in [0, 0.05) is 64.0 Å². The van der Waals surface area contributed by atoms with E-state index in [-0.39, 0.29) is 11.0 Å². The van der Waals surface area contributed by atoms with E-state index in [1.807, 2.05) is 41.5 Å². The second-order valence-electron chi connectivity index (χ2n) is 5.24. The van der Waals surface area contributed by atoms with Crippen molar-refractivity contribution in [3.8, 4) is 0 Å². The topological polar surface area (TPSA) is 55.4 Å². The predicted octanol–water partition coefficient (Wildman–Crippen LogP) is 4.52. The van der Waals surface area contributed by atoms with Crippen LogP contribution in [0, 0.1) is 0 Å². The van der Waals surface area contributed by atoms with Crippen LogP contribution in [0.2, 0.25) is 0 Å². The molecule has 0 radical (unpaired) electrons. The Balaban J connectivity index is 0. The van der Waals surface area contributed by atoms with Crippen molar-refractivity contribution in [2.75, 3.05) is 51.1 Å². The summed E-state index contributed by atoms with van der Waals surface area (Å²) in [6.45, 7) is 15.1. The van der Waals surface area contributed by atoms with E-state index in [0.29, 0.717) is 52.5 Å². The van der Waals surface area contributed by atoms with Crippen LogP contribution in [0.15, 0.2) is 0 Å². The molecule has 0 N–H and O–H groups in total. The van der Waals surface area contributed by atoms with Gasteiger partial charge in [-0.3, -0.25) is 0 Å². The third-order valence-corrected chi connectivity index (χ3v) is 9.76. The molecule has 0 aliphatic heterocycles. The van der Waals surface area contributed by atoms with Crippen LogP contribution in [0.4, 0.5) is 0 Å². The summed E-state index contributed by atoms with van der Waals surface area (Å²) < 4.78 is 34.4. The first-order valence-corrected chi connectivity index (χ1v) is 15.1. The molecule has 0 unspecified atom stereocenters. The minimum Gasteiger partial charge on any atom is -0.328 e. The summed E-state index contributed by atoms with van der Waals surface area (Å²) in [5.41, 5.74) is 0. The summed E-state index contributed by atoms with van der Waals surface area (Å²) in [5, 5.41) is 0. The van der Waals surface area contributed by atoms with Gasteiger partial charge in [0.15, 0.2) is 0 Å². The maximum Gasteiger partial charge on any atom is 0.283 e. The van der Waals surface area contributed by atoms with Gasteiger partial charge in [-0.1, -0.05) is 21.6 Å². The van der Waals surface area contributed by atoms with Gasteiger partial charge < -0.3 is 28.4 Å². The summed E-state index contributed by atoms with van der Waals surface area (Å²) in [6.07, 6.45) is 1.38. The molecule has 0 aliphatic rings. The molecule has 29 heavy (non-hydrogen) atoms. The zero-order valence-corrected chi connectivity index (χ0v) is 21.4. The Morgan fingerprint density at radius 3 is 0.931 bits per heavy atom. The van der Waals surface area contributed by atoms with Crippen molar-refractivity contribution in [1.82, 2.24) is 0 Å². The highest BCUT2D eigenvalue weighted by Crippen LogP contribution is 2.44. The monoisotopic (exact) mass is 510 g/mol. The number of hydrogen-bond donors (Lipinski definition) is 0. The number of ether oxygens (including phenoxy) is 6. The quantitative estimate of drug-likeness (QED) is 0.0953. The lowest BCUT2D eigenvalue weighted by molar-refractivity contribution is -0.377. The van der Waals surface area contributed by atoms with Crippen molar-refractivity contribution < 1.29 is 28.4 Å². The van der Waals surface area contributed by atoms with E-state index in [1.54, 1.807) is 41.2 Å². The Hall–Kier alpha value is 1.38.